The van der Waals surface area contributed by atoms with Crippen LogP contribution >= 0.6 is 12.8 Å². The number of urea groups is 1. The van der Waals surface area contributed by atoms with Crippen LogP contribution in [0, 0.1) is 0 Å². The average molecular weight is 352 g/mol. The van der Waals surface area contributed by atoms with Crippen LogP contribution < -0.4 is 10.2 Å². The second-order valence-electron chi connectivity index (χ2n) is 5.18. The molecule has 8 nitrogen and oxygen atoms in total. The van der Waals surface area contributed by atoms with Crippen LogP contribution in [0.4, 0.5) is 16.3 Å². The monoisotopic (exact) mass is 352 g/mol. The molecule has 0 saturated heterocycles. The Hall–Kier alpha value is -2.42. The minimum Gasteiger partial charge on any atom is -0.466 e. The largest absolute Gasteiger partial charge is 0.466 e. The normalized spacial score (nSPS) is 10.5. The van der Waals surface area contributed by atoms with Gasteiger partial charge >= 0.3 is 12.0 Å². The predicted octanol–water partition coefficient (Wildman–Crippen LogP) is 2.53. The van der Waals surface area contributed by atoms with E-state index in [1.807, 2.05) is 31.1 Å². The molecular formula is C15H20N4O4S. The van der Waals surface area contributed by atoms with Crippen LogP contribution in [0.3, 0.4) is 0 Å². The van der Waals surface area contributed by atoms with Gasteiger partial charge in [-0.15, -0.1) is 0 Å². The SMILES string of the molecule is CCOC(=O)CCN(S)C(=O)Nc1noc2cccc(N(C)C)c12. The molecule has 0 saturated carbocycles. The number of fused-ring (bicyclic) bond motifs is 1. The van der Waals surface area contributed by atoms with Crippen molar-refractivity contribution in [1.82, 2.24) is 9.46 Å². The lowest BCUT2D eigenvalue weighted by Crippen LogP contribution is -2.29. The minimum absolute atomic E-state index is 0.0628. The molecule has 0 aliphatic heterocycles. The molecule has 9 heteroatoms. The zero-order valence-corrected chi connectivity index (χ0v) is 14.7. The lowest BCUT2D eigenvalue weighted by Gasteiger charge is -2.16. The highest BCUT2D eigenvalue weighted by atomic mass is 32.1. The fourth-order valence-electron chi connectivity index (χ4n) is 2.13. The van der Waals surface area contributed by atoms with E-state index < -0.39 is 6.03 Å². The summed E-state index contributed by atoms with van der Waals surface area (Å²) >= 11 is 4.08. The number of esters is 1. The van der Waals surface area contributed by atoms with Gasteiger partial charge in [0.2, 0.25) is 0 Å². The minimum atomic E-state index is -0.508. The summed E-state index contributed by atoms with van der Waals surface area (Å²) < 4.78 is 11.1. The third-order valence-electron chi connectivity index (χ3n) is 3.25. The van der Waals surface area contributed by atoms with E-state index in [-0.39, 0.29) is 18.9 Å². The molecule has 0 fully saturated rings. The summed E-state index contributed by atoms with van der Waals surface area (Å²) in [6, 6.07) is 5.00. The topological polar surface area (TPSA) is 87.9 Å². The van der Waals surface area contributed by atoms with E-state index in [1.54, 1.807) is 13.0 Å². The van der Waals surface area contributed by atoms with E-state index >= 15 is 0 Å². The van der Waals surface area contributed by atoms with Crippen molar-refractivity contribution in [2.75, 3.05) is 37.5 Å². The van der Waals surface area contributed by atoms with Gasteiger partial charge in [0.25, 0.3) is 0 Å². The van der Waals surface area contributed by atoms with E-state index in [0.717, 1.165) is 9.99 Å². The second kappa shape index (κ2) is 7.91. The number of hydrogen-bond donors (Lipinski definition) is 2. The molecule has 0 unspecified atom stereocenters. The van der Waals surface area contributed by atoms with E-state index in [9.17, 15) is 9.59 Å². The van der Waals surface area contributed by atoms with Crippen LogP contribution in [0.5, 0.6) is 0 Å². The molecule has 2 aromatic rings. The molecule has 1 aromatic carbocycles. The van der Waals surface area contributed by atoms with Gasteiger partial charge in [0.05, 0.1) is 24.1 Å². The summed E-state index contributed by atoms with van der Waals surface area (Å²) in [5.74, 6) is -0.0828. The average Bonchev–Trinajstić information content (AvgIpc) is 2.95. The lowest BCUT2D eigenvalue weighted by molar-refractivity contribution is -0.143. The Kier molecular flexibility index (Phi) is 5.91. The molecule has 0 atom stereocenters. The number of nitrogens with one attached hydrogen (secondary N) is 1. The number of rotatable bonds is 6. The van der Waals surface area contributed by atoms with Crippen molar-refractivity contribution in [3.8, 4) is 0 Å². The maximum atomic E-state index is 12.2. The fraction of sp³-hybridized carbons (Fsp3) is 0.400. The third kappa shape index (κ3) is 4.10. The quantitative estimate of drug-likeness (QED) is 0.613. The van der Waals surface area contributed by atoms with Crippen molar-refractivity contribution in [1.29, 1.82) is 0 Å². The first kappa shape index (κ1) is 17.9. The molecule has 0 aliphatic carbocycles. The van der Waals surface area contributed by atoms with Crippen LogP contribution in [0.15, 0.2) is 22.7 Å². The van der Waals surface area contributed by atoms with Crippen molar-refractivity contribution in [2.45, 2.75) is 13.3 Å². The first-order chi connectivity index (χ1) is 11.4. The molecule has 1 N–H and O–H groups in total. The molecule has 0 bridgehead atoms. The number of anilines is 2. The highest BCUT2D eigenvalue weighted by Gasteiger charge is 2.18. The van der Waals surface area contributed by atoms with Crippen molar-refractivity contribution in [3.63, 3.8) is 0 Å². The van der Waals surface area contributed by atoms with Crippen LogP contribution in [0.1, 0.15) is 13.3 Å². The molecule has 1 heterocycles. The Morgan fingerprint density at radius 3 is 2.79 bits per heavy atom. The van der Waals surface area contributed by atoms with E-state index in [0.29, 0.717) is 23.4 Å². The van der Waals surface area contributed by atoms with Gasteiger partial charge in [-0.2, -0.15) is 0 Å². The number of amides is 2. The Labute approximate surface area is 145 Å². The summed E-state index contributed by atoms with van der Waals surface area (Å²) in [5, 5.41) is 7.24. The Bertz CT molecular complexity index is 731. The van der Waals surface area contributed by atoms with Gasteiger partial charge in [-0.3, -0.25) is 14.4 Å². The van der Waals surface area contributed by atoms with Gasteiger partial charge in [0, 0.05) is 20.6 Å². The summed E-state index contributed by atoms with van der Waals surface area (Å²) in [4.78, 5) is 25.4. The number of carbonyl (C=O) groups is 2. The summed E-state index contributed by atoms with van der Waals surface area (Å²) in [6.45, 7) is 2.14. The lowest BCUT2D eigenvalue weighted by atomic mass is 10.2. The number of hydrogen-bond acceptors (Lipinski definition) is 7. The third-order valence-corrected chi connectivity index (χ3v) is 3.63. The molecule has 24 heavy (non-hydrogen) atoms. The zero-order chi connectivity index (χ0) is 17.7. The molecule has 2 amide bonds. The van der Waals surface area contributed by atoms with Gasteiger partial charge in [-0.25, -0.2) is 4.79 Å². The van der Waals surface area contributed by atoms with Gasteiger partial charge in [0.15, 0.2) is 11.4 Å². The standard InChI is InChI=1S/C15H20N4O4S/c1-4-22-12(20)8-9-19(24)15(21)16-14-13-10(18(2)3)6-5-7-11(13)23-17-14/h5-7,24H,4,8-9H2,1-3H3,(H,16,17,21). The van der Waals surface area contributed by atoms with Gasteiger partial charge < -0.3 is 14.2 Å². The zero-order valence-electron chi connectivity index (χ0n) is 13.8. The maximum absolute atomic E-state index is 12.2. The van der Waals surface area contributed by atoms with Crippen LogP contribution in [-0.2, 0) is 9.53 Å². The van der Waals surface area contributed by atoms with E-state index in [2.05, 4.69) is 23.3 Å². The first-order valence-electron chi connectivity index (χ1n) is 7.42. The summed E-state index contributed by atoms with van der Waals surface area (Å²) in [6.07, 6.45) is 0.0628. The van der Waals surface area contributed by atoms with Crippen LogP contribution in [0.2, 0.25) is 0 Å². The molecule has 0 radical (unpaired) electrons. The van der Waals surface area contributed by atoms with Crippen molar-refractivity contribution in [3.05, 3.63) is 18.2 Å². The van der Waals surface area contributed by atoms with E-state index in [4.69, 9.17) is 9.26 Å². The summed E-state index contributed by atoms with van der Waals surface area (Å²) in [5.41, 5.74) is 1.43. The molecular weight excluding hydrogens is 332 g/mol. The maximum Gasteiger partial charge on any atom is 0.332 e. The molecule has 0 aliphatic rings. The number of ether oxygens (including phenoxy) is 1. The Morgan fingerprint density at radius 2 is 2.12 bits per heavy atom. The second-order valence-corrected chi connectivity index (χ2v) is 5.67. The smallest absolute Gasteiger partial charge is 0.332 e. The number of benzene rings is 1. The van der Waals surface area contributed by atoms with Gasteiger partial charge in [0.1, 0.15) is 0 Å². The predicted molar refractivity (Wildman–Crippen MR) is 94.3 cm³/mol. The Balaban J connectivity index is 2.09. The van der Waals surface area contributed by atoms with Gasteiger partial charge in [-0.1, -0.05) is 24.0 Å². The van der Waals surface area contributed by atoms with Crippen molar-refractivity contribution in [2.24, 2.45) is 0 Å². The van der Waals surface area contributed by atoms with E-state index in [1.165, 1.54) is 0 Å². The number of aromatic nitrogens is 1. The molecule has 2 rings (SSSR count). The highest BCUT2D eigenvalue weighted by molar-refractivity contribution is 7.78. The number of carbonyl (C=O) groups excluding carboxylic acids is 2. The molecule has 1 aromatic heterocycles. The van der Waals surface area contributed by atoms with Crippen LogP contribution in [0.25, 0.3) is 11.0 Å². The van der Waals surface area contributed by atoms with Crippen LogP contribution in [-0.4, -0.2) is 48.7 Å². The number of thiol groups is 1. The first-order valence-corrected chi connectivity index (χ1v) is 7.82. The number of nitrogens with zero attached hydrogens (tertiary/aromatic N) is 3. The molecule has 0 spiro atoms. The Morgan fingerprint density at radius 1 is 1.38 bits per heavy atom. The fourth-order valence-corrected chi connectivity index (χ4v) is 2.28. The van der Waals surface area contributed by atoms with Gasteiger partial charge in [-0.05, 0) is 19.1 Å². The summed E-state index contributed by atoms with van der Waals surface area (Å²) in [7, 11) is 3.77. The highest BCUT2D eigenvalue weighted by Crippen LogP contribution is 2.32. The van der Waals surface area contributed by atoms with Crippen molar-refractivity contribution >= 4 is 47.3 Å². The van der Waals surface area contributed by atoms with Crippen molar-refractivity contribution < 1.29 is 18.8 Å². The molecule has 130 valence electrons.